The largest absolute Gasteiger partial charge is 0.444 e. The third kappa shape index (κ3) is 6.65. The number of amides is 1. The Morgan fingerprint density at radius 2 is 2.05 bits per heavy atom. The first-order valence-corrected chi connectivity index (χ1v) is 9.37. The molecule has 0 aromatic rings. The van der Waals surface area contributed by atoms with E-state index in [2.05, 4.69) is 5.32 Å². The van der Waals surface area contributed by atoms with E-state index in [1.807, 2.05) is 20.8 Å². The molecule has 1 aliphatic heterocycles. The summed E-state index contributed by atoms with van der Waals surface area (Å²) in [6.45, 7) is 8.94. The Morgan fingerprint density at radius 1 is 1.38 bits per heavy atom. The summed E-state index contributed by atoms with van der Waals surface area (Å²) in [6, 6.07) is 0.0872. The summed E-state index contributed by atoms with van der Waals surface area (Å²) in [7, 11) is -2.94. The standard InChI is InChI=1S/C14H28N2O4S/c1-5-21(18,19)10-8-15-11-12-7-6-9-16(12)13(17)20-14(2,3)4/h12,15H,5-11H2,1-4H3. The van der Waals surface area contributed by atoms with E-state index in [4.69, 9.17) is 4.74 Å². The van der Waals surface area contributed by atoms with Crippen molar-refractivity contribution in [3.05, 3.63) is 0 Å². The lowest BCUT2D eigenvalue weighted by molar-refractivity contribution is 0.0227. The third-order valence-corrected chi connectivity index (χ3v) is 5.12. The van der Waals surface area contributed by atoms with E-state index in [0.717, 1.165) is 12.8 Å². The summed E-state index contributed by atoms with van der Waals surface area (Å²) in [5, 5.41) is 3.14. The minimum atomic E-state index is -2.94. The zero-order valence-electron chi connectivity index (χ0n) is 13.5. The first-order chi connectivity index (χ1) is 9.64. The van der Waals surface area contributed by atoms with Crippen LogP contribution in [0.5, 0.6) is 0 Å². The van der Waals surface area contributed by atoms with Crippen LogP contribution < -0.4 is 5.32 Å². The summed E-state index contributed by atoms with van der Waals surface area (Å²) >= 11 is 0. The molecule has 0 aromatic heterocycles. The topological polar surface area (TPSA) is 75.7 Å². The lowest BCUT2D eigenvalue weighted by atomic mass is 10.2. The number of likely N-dealkylation sites (tertiary alicyclic amines) is 1. The molecule has 1 rings (SSSR count). The van der Waals surface area contributed by atoms with E-state index in [1.54, 1.807) is 11.8 Å². The second kappa shape index (κ2) is 7.45. The van der Waals surface area contributed by atoms with Crippen LogP contribution in [-0.4, -0.2) is 62.2 Å². The molecule has 1 fully saturated rings. The van der Waals surface area contributed by atoms with Gasteiger partial charge in [-0.3, -0.25) is 0 Å². The Hall–Kier alpha value is -0.820. The predicted octanol–water partition coefficient (Wildman–Crippen LogP) is 1.41. The minimum absolute atomic E-state index is 0.0872. The third-order valence-electron chi connectivity index (χ3n) is 3.41. The molecule has 1 unspecified atom stereocenters. The van der Waals surface area contributed by atoms with Gasteiger partial charge in [0.1, 0.15) is 5.60 Å². The summed E-state index contributed by atoms with van der Waals surface area (Å²) in [4.78, 5) is 13.8. The number of ether oxygens (including phenoxy) is 1. The average molecular weight is 320 g/mol. The fourth-order valence-corrected chi connectivity index (χ4v) is 2.99. The van der Waals surface area contributed by atoms with Crippen LogP contribution in [0.2, 0.25) is 0 Å². The van der Waals surface area contributed by atoms with Crippen molar-refractivity contribution in [2.24, 2.45) is 0 Å². The van der Waals surface area contributed by atoms with Crippen molar-refractivity contribution in [3.8, 4) is 0 Å². The number of carbonyl (C=O) groups excluding carboxylic acids is 1. The lowest BCUT2D eigenvalue weighted by Gasteiger charge is -2.28. The van der Waals surface area contributed by atoms with Gasteiger partial charge >= 0.3 is 6.09 Å². The molecule has 1 saturated heterocycles. The smallest absolute Gasteiger partial charge is 0.410 e. The second-order valence-electron chi connectivity index (χ2n) is 6.41. The fourth-order valence-electron chi connectivity index (χ4n) is 2.25. The zero-order chi connectivity index (χ0) is 16.1. The quantitative estimate of drug-likeness (QED) is 0.749. The molecule has 0 saturated carbocycles. The molecule has 124 valence electrons. The molecule has 6 nitrogen and oxygen atoms in total. The van der Waals surface area contributed by atoms with Gasteiger partial charge in [0.2, 0.25) is 0 Å². The summed E-state index contributed by atoms with van der Waals surface area (Å²) < 4.78 is 28.2. The molecule has 1 heterocycles. The summed E-state index contributed by atoms with van der Waals surface area (Å²) in [5.74, 6) is 0.310. The van der Waals surface area contributed by atoms with Crippen LogP contribution in [0.15, 0.2) is 0 Å². The SMILES string of the molecule is CCS(=O)(=O)CCNCC1CCCN1C(=O)OC(C)(C)C. The van der Waals surface area contributed by atoms with Crippen molar-refractivity contribution in [2.75, 3.05) is 31.1 Å². The van der Waals surface area contributed by atoms with Gasteiger partial charge < -0.3 is 15.0 Å². The molecule has 0 aliphatic carbocycles. The number of carbonyl (C=O) groups is 1. The van der Waals surface area contributed by atoms with Crippen molar-refractivity contribution in [1.29, 1.82) is 0 Å². The number of hydrogen-bond acceptors (Lipinski definition) is 5. The molecule has 21 heavy (non-hydrogen) atoms. The van der Waals surface area contributed by atoms with Crippen molar-refractivity contribution < 1.29 is 17.9 Å². The van der Waals surface area contributed by atoms with Crippen LogP contribution in [0.25, 0.3) is 0 Å². The maximum absolute atomic E-state index is 12.1. The number of hydrogen-bond donors (Lipinski definition) is 1. The highest BCUT2D eigenvalue weighted by Gasteiger charge is 2.31. The van der Waals surface area contributed by atoms with Gasteiger partial charge in [0.05, 0.1) is 5.75 Å². The summed E-state index contributed by atoms with van der Waals surface area (Å²) in [5.41, 5.74) is -0.493. The lowest BCUT2D eigenvalue weighted by Crippen LogP contribution is -2.44. The normalized spacial score (nSPS) is 19.8. The Labute approximate surface area is 128 Å². The second-order valence-corrected chi connectivity index (χ2v) is 8.88. The Bertz CT molecular complexity index is 442. The van der Waals surface area contributed by atoms with Gasteiger partial charge in [-0.1, -0.05) is 6.92 Å². The molecule has 0 radical (unpaired) electrons. The number of nitrogens with one attached hydrogen (secondary N) is 1. The maximum atomic E-state index is 12.1. The van der Waals surface area contributed by atoms with Crippen LogP contribution in [0.4, 0.5) is 4.79 Å². The van der Waals surface area contributed by atoms with Crippen LogP contribution in [-0.2, 0) is 14.6 Å². The molecular weight excluding hydrogens is 292 g/mol. The van der Waals surface area contributed by atoms with E-state index in [-0.39, 0.29) is 23.6 Å². The number of sulfone groups is 1. The highest BCUT2D eigenvalue weighted by atomic mass is 32.2. The summed E-state index contributed by atoms with van der Waals surface area (Å²) in [6.07, 6.45) is 1.60. The van der Waals surface area contributed by atoms with Gasteiger partial charge in [0.15, 0.2) is 9.84 Å². The van der Waals surface area contributed by atoms with Gasteiger partial charge in [-0.25, -0.2) is 13.2 Å². The maximum Gasteiger partial charge on any atom is 0.410 e. The molecule has 0 bridgehead atoms. The Morgan fingerprint density at radius 3 is 2.62 bits per heavy atom. The van der Waals surface area contributed by atoms with Crippen LogP contribution >= 0.6 is 0 Å². The first-order valence-electron chi connectivity index (χ1n) is 7.55. The van der Waals surface area contributed by atoms with Crippen LogP contribution in [0.1, 0.15) is 40.5 Å². The molecule has 7 heteroatoms. The van der Waals surface area contributed by atoms with Crippen molar-refractivity contribution in [3.63, 3.8) is 0 Å². The average Bonchev–Trinajstić information content (AvgIpc) is 2.81. The highest BCUT2D eigenvalue weighted by Crippen LogP contribution is 2.20. The first kappa shape index (κ1) is 18.2. The van der Waals surface area contributed by atoms with Crippen molar-refractivity contribution in [2.45, 2.75) is 52.2 Å². The Balaban J connectivity index is 2.39. The molecule has 0 spiro atoms. The van der Waals surface area contributed by atoms with E-state index >= 15 is 0 Å². The van der Waals surface area contributed by atoms with E-state index < -0.39 is 15.4 Å². The molecule has 1 amide bonds. The zero-order valence-corrected chi connectivity index (χ0v) is 14.3. The van der Waals surface area contributed by atoms with E-state index in [0.29, 0.717) is 19.6 Å². The Kier molecular flexibility index (Phi) is 6.46. The van der Waals surface area contributed by atoms with Crippen LogP contribution in [0.3, 0.4) is 0 Å². The van der Waals surface area contributed by atoms with Gasteiger partial charge in [0.25, 0.3) is 0 Å². The predicted molar refractivity (Wildman–Crippen MR) is 83.2 cm³/mol. The van der Waals surface area contributed by atoms with E-state index in [1.165, 1.54) is 0 Å². The van der Waals surface area contributed by atoms with Gasteiger partial charge in [0, 0.05) is 31.4 Å². The number of nitrogens with zero attached hydrogens (tertiary/aromatic N) is 1. The molecule has 1 aliphatic rings. The van der Waals surface area contributed by atoms with Crippen molar-refractivity contribution in [1.82, 2.24) is 10.2 Å². The minimum Gasteiger partial charge on any atom is -0.444 e. The molecular formula is C14H28N2O4S. The fraction of sp³-hybridized carbons (Fsp3) is 0.929. The highest BCUT2D eigenvalue weighted by molar-refractivity contribution is 7.91. The van der Waals surface area contributed by atoms with Crippen LogP contribution in [0, 0.1) is 0 Å². The number of rotatable bonds is 6. The van der Waals surface area contributed by atoms with E-state index in [9.17, 15) is 13.2 Å². The van der Waals surface area contributed by atoms with Gasteiger partial charge in [-0.2, -0.15) is 0 Å². The molecule has 0 aromatic carbocycles. The monoisotopic (exact) mass is 320 g/mol. The molecule has 1 atom stereocenters. The van der Waals surface area contributed by atoms with Gasteiger partial charge in [-0.05, 0) is 33.6 Å². The van der Waals surface area contributed by atoms with Crippen molar-refractivity contribution >= 4 is 15.9 Å². The molecule has 1 N–H and O–H groups in total. The van der Waals surface area contributed by atoms with Gasteiger partial charge in [-0.15, -0.1) is 0 Å².